The third-order valence-corrected chi connectivity index (χ3v) is 10.1. The van der Waals surface area contributed by atoms with Gasteiger partial charge in [-0.3, -0.25) is 4.57 Å². The zero-order chi connectivity index (χ0) is 33.2. The Kier molecular flexibility index (Phi) is 6.50. The second kappa shape index (κ2) is 11.4. The van der Waals surface area contributed by atoms with Crippen LogP contribution >= 0.6 is 0 Å². The predicted octanol–water partition coefficient (Wildman–Crippen LogP) is 11.8. The molecule has 0 radical (unpaired) electrons. The molecule has 0 amide bonds. The van der Waals surface area contributed by atoms with Crippen LogP contribution in [0.4, 0.5) is 0 Å². The molecule has 0 saturated carbocycles. The van der Waals surface area contributed by atoms with Crippen LogP contribution in [0.2, 0.25) is 0 Å². The normalized spacial score (nSPS) is 11.9. The Morgan fingerprint density at radius 3 is 1.32 bits per heavy atom. The first-order valence-electron chi connectivity index (χ1n) is 17.5. The Bertz CT molecular complexity index is 2640. The summed E-state index contributed by atoms with van der Waals surface area (Å²) in [5, 5.41) is 5.02. The molecule has 0 N–H and O–H groups in total. The monoisotopic (exact) mass is 642 g/mol. The van der Waals surface area contributed by atoms with Crippen LogP contribution in [0.3, 0.4) is 0 Å². The molecule has 4 heteroatoms. The molecule has 0 aliphatic heterocycles. The Morgan fingerprint density at radius 1 is 0.400 bits per heavy atom. The summed E-state index contributed by atoms with van der Waals surface area (Å²) in [6.45, 7) is 2.21. The van der Waals surface area contributed by atoms with E-state index in [9.17, 15) is 0 Å². The zero-order valence-corrected chi connectivity index (χ0v) is 27.8. The van der Waals surface area contributed by atoms with E-state index in [4.69, 9.17) is 4.98 Å². The van der Waals surface area contributed by atoms with E-state index in [1.165, 1.54) is 49.2 Å². The molecule has 0 atom stereocenters. The van der Waals surface area contributed by atoms with Crippen LogP contribution in [0.25, 0.3) is 82.8 Å². The lowest BCUT2D eigenvalue weighted by Gasteiger charge is -2.16. The lowest BCUT2D eigenvalue weighted by atomic mass is 10.0. The highest BCUT2D eigenvalue weighted by atomic mass is 15.1. The Balaban J connectivity index is 1.22. The number of rotatable bonds is 6. The van der Waals surface area contributed by atoms with Crippen LogP contribution in [0.15, 0.2) is 164 Å². The quantitative estimate of drug-likeness (QED) is 0.177. The maximum atomic E-state index is 5.00. The van der Waals surface area contributed by atoms with Crippen molar-refractivity contribution < 1.29 is 0 Å². The summed E-state index contributed by atoms with van der Waals surface area (Å²) in [5.74, 6) is 1.10. The van der Waals surface area contributed by atoms with Gasteiger partial charge in [0.25, 0.3) is 0 Å². The first-order valence-corrected chi connectivity index (χ1v) is 17.5. The molecule has 10 aromatic rings. The average molecular weight is 643 g/mol. The van der Waals surface area contributed by atoms with E-state index in [0.717, 1.165) is 52.3 Å². The van der Waals surface area contributed by atoms with E-state index in [-0.39, 0.29) is 0 Å². The van der Waals surface area contributed by atoms with Crippen molar-refractivity contribution in [3.63, 3.8) is 0 Å². The number of para-hydroxylation sites is 6. The summed E-state index contributed by atoms with van der Waals surface area (Å²) in [5.41, 5.74) is 12.7. The molecule has 0 aliphatic rings. The SMILES string of the molecule is CCCc1nc2ccccc2n1-c1ccc(-c2cc(-n3c4ccccc4c4ccccc43)cc(-n3c4ccccc4c4ccccc43)c2)cc1. The lowest BCUT2D eigenvalue weighted by Crippen LogP contribution is -2.01. The molecule has 0 aliphatic carbocycles. The van der Waals surface area contributed by atoms with Crippen molar-refractivity contribution in [2.45, 2.75) is 19.8 Å². The van der Waals surface area contributed by atoms with Crippen LogP contribution in [0.1, 0.15) is 19.2 Å². The highest BCUT2D eigenvalue weighted by Gasteiger charge is 2.18. The molecule has 7 aromatic carbocycles. The van der Waals surface area contributed by atoms with Gasteiger partial charge in [0.15, 0.2) is 0 Å². The van der Waals surface area contributed by atoms with Gasteiger partial charge in [0, 0.05) is 45.0 Å². The Labute approximate surface area is 290 Å². The van der Waals surface area contributed by atoms with Crippen LogP contribution in [-0.2, 0) is 6.42 Å². The van der Waals surface area contributed by atoms with Crippen molar-refractivity contribution in [2.24, 2.45) is 0 Å². The van der Waals surface area contributed by atoms with Gasteiger partial charge in [0.1, 0.15) is 5.82 Å². The number of hydrogen-bond donors (Lipinski definition) is 0. The van der Waals surface area contributed by atoms with Gasteiger partial charge >= 0.3 is 0 Å². The first-order chi connectivity index (χ1) is 24.8. The molecule has 0 fully saturated rings. The maximum absolute atomic E-state index is 5.00. The number of fused-ring (bicyclic) bond motifs is 7. The summed E-state index contributed by atoms with van der Waals surface area (Å²) < 4.78 is 7.17. The maximum Gasteiger partial charge on any atom is 0.114 e. The molecular weight excluding hydrogens is 609 g/mol. The fraction of sp³-hybridized carbons (Fsp3) is 0.0652. The summed E-state index contributed by atoms with van der Waals surface area (Å²) in [4.78, 5) is 5.00. The average Bonchev–Trinajstić information content (AvgIpc) is 3.82. The van der Waals surface area contributed by atoms with Gasteiger partial charge < -0.3 is 9.13 Å². The Morgan fingerprint density at radius 2 is 0.840 bits per heavy atom. The molecule has 3 aromatic heterocycles. The van der Waals surface area contributed by atoms with Gasteiger partial charge in [0.05, 0.1) is 33.1 Å². The second-order valence-electron chi connectivity index (χ2n) is 13.1. The zero-order valence-electron chi connectivity index (χ0n) is 27.8. The lowest BCUT2D eigenvalue weighted by molar-refractivity contribution is 0.818. The summed E-state index contributed by atoms with van der Waals surface area (Å²) in [6, 6.07) is 59.5. The molecule has 4 nitrogen and oxygen atoms in total. The van der Waals surface area contributed by atoms with E-state index in [0.29, 0.717) is 0 Å². The van der Waals surface area contributed by atoms with Crippen LogP contribution in [0, 0.1) is 0 Å². The molecule has 10 rings (SSSR count). The number of imidazole rings is 1. The number of aromatic nitrogens is 4. The van der Waals surface area contributed by atoms with E-state index < -0.39 is 0 Å². The third kappa shape index (κ3) is 4.35. The van der Waals surface area contributed by atoms with Crippen LogP contribution in [0.5, 0.6) is 0 Å². The molecular formula is C46H34N4. The van der Waals surface area contributed by atoms with E-state index in [2.05, 4.69) is 184 Å². The summed E-state index contributed by atoms with van der Waals surface area (Å²) in [6.07, 6.45) is 1.97. The van der Waals surface area contributed by atoms with Crippen LogP contribution in [-0.4, -0.2) is 18.7 Å². The molecule has 0 saturated heterocycles. The van der Waals surface area contributed by atoms with E-state index in [1.54, 1.807) is 0 Å². The third-order valence-electron chi connectivity index (χ3n) is 10.1. The fourth-order valence-corrected chi connectivity index (χ4v) is 7.98. The molecule has 0 spiro atoms. The summed E-state index contributed by atoms with van der Waals surface area (Å²) in [7, 11) is 0. The standard InChI is InChI=1S/C46H34N4/c1-2-13-46-47-40-18-7-12-23-45(40)50(46)33-26-24-31(25-27-33)32-28-34(48-41-19-8-3-14-36(41)37-15-4-9-20-42(37)48)30-35(29-32)49-43-21-10-5-16-38(43)39-17-6-11-22-44(39)49/h3-12,14-30H,2,13H2,1H3. The minimum atomic E-state index is 0.930. The van der Waals surface area contributed by atoms with Gasteiger partial charge in [-0.05, 0) is 84.3 Å². The number of aryl methyl sites for hydroxylation is 1. The molecule has 50 heavy (non-hydrogen) atoms. The van der Waals surface area contributed by atoms with Crippen molar-refractivity contribution in [2.75, 3.05) is 0 Å². The van der Waals surface area contributed by atoms with Crippen molar-refractivity contribution in [1.29, 1.82) is 0 Å². The minimum Gasteiger partial charge on any atom is -0.309 e. The van der Waals surface area contributed by atoms with Gasteiger partial charge in [-0.1, -0.05) is 104 Å². The first kappa shape index (κ1) is 28.6. The van der Waals surface area contributed by atoms with Crippen molar-refractivity contribution in [3.8, 4) is 28.2 Å². The molecule has 238 valence electrons. The van der Waals surface area contributed by atoms with Gasteiger partial charge in [-0.15, -0.1) is 0 Å². The molecule has 0 bridgehead atoms. The van der Waals surface area contributed by atoms with Gasteiger partial charge in [-0.25, -0.2) is 4.98 Å². The van der Waals surface area contributed by atoms with E-state index in [1.807, 2.05) is 0 Å². The van der Waals surface area contributed by atoms with Gasteiger partial charge in [0.2, 0.25) is 0 Å². The number of benzene rings is 7. The highest BCUT2D eigenvalue weighted by Crippen LogP contribution is 2.38. The largest absolute Gasteiger partial charge is 0.309 e. The van der Waals surface area contributed by atoms with Crippen molar-refractivity contribution >= 4 is 54.6 Å². The van der Waals surface area contributed by atoms with Crippen molar-refractivity contribution in [1.82, 2.24) is 18.7 Å². The minimum absolute atomic E-state index is 0.930. The molecule has 3 heterocycles. The topological polar surface area (TPSA) is 27.7 Å². The molecule has 0 unspecified atom stereocenters. The summed E-state index contributed by atoms with van der Waals surface area (Å²) >= 11 is 0. The van der Waals surface area contributed by atoms with Gasteiger partial charge in [-0.2, -0.15) is 0 Å². The van der Waals surface area contributed by atoms with E-state index >= 15 is 0 Å². The number of hydrogen-bond acceptors (Lipinski definition) is 1. The predicted molar refractivity (Wildman–Crippen MR) is 209 cm³/mol. The highest BCUT2D eigenvalue weighted by molar-refractivity contribution is 6.10. The fourth-order valence-electron chi connectivity index (χ4n) is 7.98. The second-order valence-corrected chi connectivity index (χ2v) is 13.1. The smallest absolute Gasteiger partial charge is 0.114 e. The van der Waals surface area contributed by atoms with Crippen molar-refractivity contribution in [3.05, 3.63) is 170 Å². The number of nitrogens with zero attached hydrogens (tertiary/aromatic N) is 4. The Hall–Kier alpha value is -6.39. The van der Waals surface area contributed by atoms with Crippen LogP contribution < -0.4 is 0 Å².